The molecular formula is C16H21BN2O2. The number of nitrogens with one attached hydrogen (secondary N) is 1. The van der Waals surface area contributed by atoms with E-state index in [1.54, 1.807) is 0 Å². The third-order valence-electron chi connectivity index (χ3n) is 4.45. The van der Waals surface area contributed by atoms with E-state index in [4.69, 9.17) is 9.31 Å². The van der Waals surface area contributed by atoms with E-state index in [1.807, 2.05) is 25.3 Å². The van der Waals surface area contributed by atoms with Crippen LogP contribution in [-0.4, -0.2) is 28.3 Å². The van der Waals surface area contributed by atoms with E-state index in [0.29, 0.717) is 0 Å². The highest BCUT2D eigenvalue weighted by molar-refractivity contribution is 6.62. The molecule has 1 aliphatic heterocycles. The average molecular weight is 284 g/mol. The lowest BCUT2D eigenvalue weighted by Gasteiger charge is -2.32. The van der Waals surface area contributed by atoms with Gasteiger partial charge in [0.2, 0.25) is 0 Å². The molecule has 1 aromatic carbocycles. The number of hydrogen-bond acceptors (Lipinski definition) is 3. The van der Waals surface area contributed by atoms with E-state index < -0.39 is 0 Å². The van der Waals surface area contributed by atoms with Crippen molar-refractivity contribution in [1.29, 1.82) is 0 Å². The minimum Gasteiger partial charge on any atom is -0.399 e. The zero-order valence-corrected chi connectivity index (χ0v) is 13.2. The summed E-state index contributed by atoms with van der Waals surface area (Å²) in [6.45, 7) is 10.2. The van der Waals surface area contributed by atoms with Gasteiger partial charge in [-0.15, -0.1) is 0 Å². The highest BCUT2D eigenvalue weighted by Gasteiger charge is 2.51. The number of imidazole rings is 1. The number of benzene rings is 1. The van der Waals surface area contributed by atoms with E-state index in [9.17, 15) is 0 Å². The lowest BCUT2D eigenvalue weighted by Crippen LogP contribution is -2.41. The molecule has 0 unspecified atom stereocenters. The van der Waals surface area contributed by atoms with Crippen LogP contribution in [0, 0.1) is 6.92 Å². The summed E-state index contributed by atoms with van der Waals surface area (Å²) in [7, 11) is -0.312. The van der Waals surface area contributed by atoms with E-state index >= 15 is 0 Å². The van der Waals surface area contributed by atoms with Gasteiger partial charge in [0.25, 0.3) is 0 Å². The molecule has 1 aromatic heterocycles. The van der Waals surface area contributed by atoms with E-state index in [1.165, 1.54) is 0 Å². The zero-order valence-electron chi connectivity index (χ0n) is 13.2. The summed E-state index contributed by atoms with van der Waals surface area (Å²) in [6.07, 6.45) is 1.85. The Morgan fingerprint density at radius 1 is 1.00 bits per heavy atom. The number of aromatic nitrogens is 2. The Balaban J connectivity index is 1.83. The molecule has 1 aliphatic rings. The van der Waals surface area contributed by atoms with Gasteiger partial charge >= 0.3 is 7.12 Å². The summed E-state index contributed by atoms with van der Waals surface area (Å²) in [6, 6.07) is 8.22. The number of hydrogen-bond donors (Lipinski definition) is 1. The van der Waals surface area contributed by atoms with Crippen molar-refractivity contribution < 1.29 is 9.31 Å². The molecule has 0 spiro atoms. The first-order valence-corrected chi connectivity index (χ1v) is 7.26. The lowest BCUT2D eigenvalue weighted by molar-refractivity contribution is 0.00578. The molecule has 0 radical (unpaired) electrons. The van der Waals surface area contributed by atoms with E-state index in [2.05, 4.69) is 49.8 Å². The Labute approximate surface area is 126 Å². The third kappa shape index (κ3) is 2.52. The Bertz CT molecular complexity index is 631. The number of aromatic amines is 1. The minimum atomic E-state index is -0.312. The van der Waals surface area contributed by atoms with E-state index in [0.717, 1.165) is 22.5 Å². The molecule has 1 fully saturated rings. The Kier molecular flexibility index (Phi) is 3.22. The summed E-state index contributed by atoms with van der Waals surface area (Å²) in [5, 5.41) is 0. The Hall–Kier alpha value is -1.59. The first kappa shape index (κ1) is 14.4. The molecule has 4 nitrogen and oxygen atoms in total. The average Bonchev–Trinajstić information content (AvgIpc) is 2.92. The van der Waals surface area contributed by atoms with Gasteiger partial charge in [0.1, 0.15) is 5.82 Å². The zero-order chi connectivity index (χ0) is 15.3. The van der Waals surface area contributed by atoms with Crippen LogP contribution >= 0.6 is 0 Å². The standard InChI is InChI=1S/C16H21BN2O2/c1-11-18-10-14(19-11)12-6-8-13(9-7-12)17-20-15(2,3)16(4,5)21-17/h6-10H,1-5H3,(H,18,19). The molecule has 0 atom stereocenters. The fourth-order valence-electron chi connectivity index (χ4n) is 2.37. The van der Waals surface area contributed by atoms with Gasteiger partial charge in [-0.2, -0.15) is 0 Å². The van der Waals surface area contributed by atoms with Crippen LogP contribution in [0.5, 0.6) is 0 Å². The van der Waals surface area contributed by atoms with Crippen LogP contribution < -0.4 is 5.46 Å². The molecule has 0 bridgehead atoms. The largest absolute Gasteiger partial charge is 0.494 e. The highest BCUT2D eigenvalue weighted by atomic mass is 16.7. The van der Waals surface area contributed by atoms with Crippen LogP contribution in [0.25, 0.3) is 11.3 Å². The van der Waals surface area contributed by atoms with Crippen LogP contribution in [0.15, 0.2) is 30.5 Å². The van der Waals surface area contributed by atoms with Crippen molar-refractivity contribution in [3.05, 3.63) is 36.3 Å². The van der Waals surface area contributed by atoms with Crippen molar-refractivity contribution in [1.82, 2.24) is 9.97 Å². The molecule has 5 heteroatoms. The summed E-state index contributed by atoms with van der Waals surface area (Å²) in [5.41, 5.74) is 2.55. The van der Waals surface area contributed by atoms with E-state index in [-0.39, 0.29) is 18.3 Å². The van der Waals surface area contributed by atoms with Crippen LogP contribution in [0.2, 0.25) is 0 Å². The second kappa shape index (κ2) is 4.72. The first-order valence-electron chi connectivity index (χ1n) is 7.26. The molecular weight excluding hydrogens is 263 g/mol. The highest BCUT2D eigenvalue weighted by Crippen LogP contribution is 2.36. The topological polar surface area (TPSA) is 47.1 Å². The minimum absolute atomic E-state index is 0.309. The first-order chi connectivity index (χ1) is 9.78. The van der Waals surface area contributed by atoms with Gasteiger partial charge in [-0.05, 0) is 45.6 Å². The molecule has 1 saturated heterocycles. The van der Waals surface area contributed by atoms with Crippen molar-refractivity contribution in [3.63, 3.8) is 0 Å². The summed E-state index contributed by atoms with van der Waals surface area (Å²) in [5.74, 6) is 0.917. The number of rotatable bonds is 2. The van der Waals surface area contributed by atoms with Crippen molar-refractivity contribution in [3.8, 4) is 11.3 Å². The Morgan fingerprint density at radius 2 is 1.57 bits per heavy atom. The maximum Gasteiger partial charge on any atom is 0.494 e. The second-order valence-electron chi connectivity index (χ2n) is 6.59. The quantitative estimate of drug-likeness (QED) is 0.862. The molecule has 2 aromatic rings. The Morgan fingerprint density at radius 3 is 2.05 bits per heavy atom. The van der Waals surface area contributed by atoms with Gasteiger partial charge in [0.05, 0.1) is 23.1 Å². The van der Waals surface area contributed by atoms with Crippen molar-refractivity contribution in [2.45, 2.75) is 45.8 Å². The number of nitrogens with zero attached hydrogens (tertiary/aromatic N) is 1. The summed E-state index contributed by atoms with van der Waals surface area (Å²) < 4.78 is 12.1. The molecule has 0 saturated carbocycles. The van der Waals surface area contributed by atoms with Crippen molar-refractivity contribution in [2.24, 2.45) is 0 Å². The van der Waals surface area contributed by atoms with Gasteiger partial charge in [0.15, 0.2) is 0 Å². The molecule has 0 amide bonds. The predicted molar refractivity (Wildman–Crippen MR) is 84.5 cm³/mol. The van der Waals surface area contributed by atoms with Crippen LogP contribution in [0.4, 0.5) is 0 Å². The number of H-pyrrole nitrogens is 1. The molecule has 0 aliphatic carbocycles. The summed E-state index contributed by atoms with van der Waals surface area (Å²) >= 11 is 0. The molecule has 110 valence electrons. The van der Waals surface area contributed by atoms with Crippen LogP contribution in [0.3, 0.4) is 0 Å². The maximum absolute atomic E-state index is 6.06. The lowest BCUT2D eigenvalue weighted by atomic mass is 9.79. The summed E-state index contributed by atoms with van der Waals surface area (Å²) in [4.78, 5) is 7.46. The predicted octanol–water partition coefficient (Wildman–Crippen LogP) is 2.68. The second-order valence-corrected chi connectivity index (χ2v) is 6.59. The fourth-order valence-corrected chi connectivity index (χ4v) is 2.37. The third-order valence-corrected chi connectivity index (χ3v) is 4.45. The van der Waals surface area contributed by atoms with Gasteiger partial charge in [-0.3, -0.25) is 0 Å². The van der Waals surface area contributed by atoms with Gasteiger partial charge < -0.3 is 14.3 Å². The van der Waals surface area contributed by atoms with Gasteiger partial charge in [0, 0.05) is 0 Å². The molecule has 21 heavy (non-hydrogen) atoms. The van der Waals surface area contributed by atoms with Gasteiger partial charge in [-0.1, -0.05) is 24.3 Å². The fraction of sp³-hybridized carbons (Fsp3) is 0.438. The molecule has 3 rings (SSSR count). The van der Waals surface area contributed by atoms with Crippen LogP contribution in [0.1, 0.15) is 33.5 Å². The molecule has 1 N–H and O–H groups in total. The molecule has 2 heterocycles. The normalized spacial score (nSPS) is 20.0. The monoisotopic (exact) mass is 284 g/mol. The van der Waals surface area contributed by atoms with Crippen LogP contribution in [-0.2, 0) is 9.31 Å². The maximum atomic E-state index is 6.06. The van der Waals surface area contributed by atoms with Crippen molar-refractivity contribution >= 4 is 12.6 Å². The van der Waals surface area contributed by atoms with Gasteiger partial charge in [-0.25, -0.2) is 4.98 Å². The van der Waals surface area contributed by atoms with Crippen molar-refractivity contribution in [2.75, 3.05) is 0 Å². The number of aryl methyl sites for hydroxylation is 1. The smallest absolute Gasteiger partial charge is 0.399 e. The SMILES string of the molecule is Cc1ncc(-c2ccc(B3OC(C)(C)C(C)(C)O3)cc2)[nH]1.